The van der Waals surface area contributed by atoms with Crippen LogP contribution < -0.4 is 10.6 Å². The summed E-state index contributed by atoms with van der Waals surface area (Å²) in [6.07, 6.45) is 0.677. The second-order valence-corrected chi connectivity index (χ2v) is 6.95. The summed E-state index contributed by atoms with van der Waals surface area (Å²) < 4.78 is 0. The van der Waals surface area contributed by atoms with Gasteiger partial charge in [-0.3, -0.25) is 9.59 Å². The molecule has 1 aromatic rings. The van der Waals surface area contributed by atoms with E-state index in [-0.39, 0.29) is 17.6 Å². The molecule has 0 radical (unpaired) electrons. The van der Waals surface area contributed by atoms with Crippen LogP contribution in [0.5, 0.6) is 5.75 Å². The van der Waals surface area contributed by atoms with Crippen molar-refractivity contribution in [2.75, 3.05) is 12.3 Å². The van der Waals surface area contributed by atoms with Crippen LogP contribution in [-0.2, 0) is 16.0 Å². The van der Waals surface area contributed by atoms with Crippen LogP contribution in [0.1, 0.15) is 26.3 Å². The van der Waals surface area contributed by atoms with Crippen molar-refractivity contribution in [3.8, 4) is 5.75 Å². The molecule has 0 fully saturated rings. The molecule has 0 saturated carbocycles. The zero-order valence-corrected chi connectivity index (χ0v) is 14.1. The molecule has 0 aliphatic carbocycles. The van der Waals surface area contributed by atoms with Gasteiger partial charge >= 0.3 is 0 Å². The lowest BCUT2D eigenvalue weighted by atomic mass is 10.1. The third kappa shape index (κ3) is 7.36. The Morgan fingerprint density at radius 2 is 1.86 bits per heavy atom. The maximum Gasteiger partial charge on any atom is 0.243 e. The number of aromatic hydroxyl groups is 1. The van der Waals surface area contributed by atoms with Gasteiger partial charge in [0.2, 0.25) is 11.8 Å². The van der Waals surface area contributed by atoms with Crippen LogP contribution in [0.2, 0.25) is 0 Å². The molecule has 5 nitrogen and oxygen atoms in total. The SMILES string of the molecule is CC(=O)NC(CSC(C)C)C(=O)NCCc1ccc(O)cc1. The van der Waals surface area contributed by atoms with Gasteiger partial charge in [0.05, 0.1) is 0 Å². The minimum atomic E-state index is -0.510. The first-order valence-electron chi connectivity index (χ1n) is 7.33. The van der Waals surface area contributed by atoms with E-state index in [0.717, 1.165) is 5.56 Å². The molecule has 0 spiro atoms. The number of phenolic OH excluding ortho intramolecular Hbond substituents is 1. The molecule has 22 heavy (non-hydrogen) atoms. The van der Waals surface area contributed by atoms with E-state index >= 15 is 0 Å². The van der Waals surface area contributed by atoms with Crippen LogP contribution in [-0.4, -0.2) is 40.5 Å². The van der Waals surface area contributed by atoms with Gasteiger partial charge in [0.25, 0.3) is 0 Å². The highest BCUT2D eigenvalue weighted by molar-refractivity contribution is 7.99. The summed E-state index contributed by atoms with van der Waals surface area (Å²) in [4.78, 5) is 23.4. The first kappa shape index (κ1) is 18.4. The molecule has 0 aliphatic heterocycles. The van der Waals surface area contributed by atoms with E-state index in [1.54, 1.807) is 23.9 Å². The maximum atomic E-state index is 12.2. The summed E-state index contributed by atoms with van der Waals surface area (Å²) >= 11 is 1.64. The fourth-order valence-electron chi connectivity index (χ4n) is 1.83. The summed E-state index contributed by atoms with van der Waals surface area (Å²) in [5, 5.41) is 15.2. The molecule has 1 rings (SSSR count). The van der Waals surface area contributed by atoms with Crippen LogP contribution in [0.15, 0.2) is 24.3 Å². The summed E-state index contributed by atoms with van der Waals surface area (Å²) in [7, 11) is 0. The fourth-order valence-corrected chi connectivity index (χ4v) is 2.64. The van der Waals surface area contributed by atoms with Gasteiger partial charge < -0.3 is 15.7 Å². The first-order chi connectivity index (χ1) is 10.4. The molecule has 0 saturated heterocycles. The van der Waals surface area contributed by atoms with Crippen molar-refractivity contribution in [3.63, 3.8) is 0 Å². The molecular formula is C16H24N2O3S. The van der Waals surface area contributed by atoms with Crippen molar-refractivity contribution >= 4 is 23.6 Å². The lowest BCUT2D eigenvalue weighted by Gasteiger charge is -2.18. The van der Waals surface area contributed by atoms with E-state index in [9.17, 15) is 14.7 Å². The molecule has 0 heterocycles. The largest absolute Gasteiger partial charge is 0.508 e. The van der Waals surface area contributed by atoms with E-state index < -0.39 is 6.04 Å². The number of phenols is 1. The third-order valence-corrected chi connectivity index (χ3v) is 4.13. The van der Waals surface area contributed by atoms with Crippen LogP contribution in [0.25, 0.3) is 0 Å². The Morgan fingerprint density at radius 3 is 2.41 bits per heavy atom. The van der Waals surface area contributed by atoms with Gasteiger partial charge in [-0.25, -0.2) is 0 Å². The minimum absolute atomic E-state index is 0.165. The summed E-state index contributed by atoms with van der Waals surface area (Å²) in [6.45, 7) is 6.01. The quantitative estimate of drug-likeness (QED) is 0.680. The number of rotatable bonds is 8. The minimum Gasteiger partial charge on any atom is -0.508 e. The summed E-state index contributed by atoms with van der Waals surface area (Å²) in [5.74, 6) is 0.414. The van der Waals surface area contributed by atoms with Crippen molar-refractivity contribution in [1.29, 1.82) is 0 Å². The summed E-state index contributed by atoms with van der Waals surface area (Å²) in [5.41, 5.74) is 1.03. The predicted octanol–water partition coefficient (Wildman–Crippen LogP) is 1.70. The van der Waals surface area contributed by atoms with E-state index in [4.69, 9.17) is 0 Å². The standard InChI is InChI=1S/C16H24N2O3S/c1-11(2)22-10-15(18-12(3)19)16(21)17-9-8-13-4-6-14(20)7-5-13/h4-7,11,15,20H,8-10H2,1-3H3,(H,17,21)(H,18,19). The van der Waals surface area contributed by atoms with E-state index in [1.165, 1.54) is 6.92 Å². The summed E-state index contributed by atoms with van der Waals surface area (Å²) in [6, 6.07) is 6.38. The topological polar surface area (TPSA) is 78.4 Å². The molecular weight excluding hydrogens is 300 g/mol. The highest BCUT2D eigenvalue weighted by Gasteiger charge is 2.19. The molecule has 0 aromatic heterocycles. The van der Waals surface area contributed by atoms with Crippen molar-refractivity contribution in [1.82, 2.24) is 10.6 Å². The number of benzene rings is 1. The second-order valence-electron chi connectivity index (χ2n) is 5.34. The number of hydrogen-bond donors (Lipinski definition) is 3. The predicted molar refractivity (Wildman–Crippen MR) is 90.0 cm³/mol. The lowest BCUT2D eigenvalue weighted by Crippen LogP contribution is -2.48. The smallest absolute Gasteiger partial charge is 0.243 e. The van der Waals surface area contributed by atoms with E-state index in [1.807, 2.05) is 12.1 Å². The number of thioether (sulfide) groups is 1. The van der Waals surface area contributed by atoms with Crippen molar-refractivity contribution in [3.05, 3.63) is 29.8 Å². The normalized spacial score (nSPS) is 12.0. The first-order valence-corrected chi connectivity index (χ1v) is 8.37. The Kier molecular flexibility index (Phi) is 7.80. The molecule has 6 heteroatoms. The monoisotopic (exact) mass is 324 g/mol. The number of carbonyl (C=O) groups excluding carboxylic acids is 2. The number of hydrogen-bond acceptors (Lipinski definition) is 4. The van der Waals surface area contributed by atoms with Crippen molar-refractivity contribution in [2.24, 2.45) is 0 Å². The Morgan fingerprint density at radius 1 is 1.23 bits per heavy atom. The van der Waals surface area contributed by atoms with Crippen LogP contribution >= 0.6 is 11.8 Å². The highest BCUT2D eigenvalue weighted by atomic mass is 32.2. The molecule has 2 amide bonds. The van der Waals surface area contributed by atoms with E-state index in [2.05, 4.69) is 24.5 Å². The Hall–Kier alpha value is -1.69. The van der Waals surface area contributed by atoms with Gasteiger partial charge in [-0.15, -0.1) is 0 Å². The van der Waals surface area contributed by atoms with Gasteiger partial charge in [-0.1, -0.05) is 26.0 Å². The highest BCUT2D eigenvalue weighted by Crippen LogP contribution is 2.11. The third-order valence-electron chi connectivity index (χ3n) is 2.94. The molecule has 1 unspecified atom stereocenters. The molecule has 3 N–H and O–H groups in total. The van der Waals surface area contributed by atoms with Gasteiger partial charge in [0, 0.05) is 19.2 Å². The second kappa shape index (κ2) is 9.35. The molecule has 1 atom stereocenters. The van der Waals surface area contributed by atoms with Gasteiger partial charge in [-0.2, -0.15) is 11.8 Å². The lowest BCUT2D eigenvalue weighted by molar-refractivity contribution is -0.127. The maximum absolute atomic E-state index is 12.2. The average Bonchev–Trinajstić information content (AvgIpc) is 2.45. The van der Waals surface area contributed by atoms with Crippen LogP contribution in [0.3, 0.4) is 0 Å². The van der Waals surface area contributed by atoms with Gasteiger partial charge in [0.1, 0.15) is 11.8 Å². The van der Waals surface area contributed by atoms with Gasteiger partial charge in [0.15, 0.2) is 0 Å². The molecule has 0 aliphatic rings. The van der Waals surface area contributed by atoms with E-state index in [0.29, 0.717) is 24.0 Å². The Labute approximate surface area is 135 Å². The average molecular weight is 324 g/mol. The Bertz CT molecular complexity index is 489. The molecule has 0 bridgehead atoms. The zero-order valence-electron chi connectivity index (χ0n) is 13.3. The fraction of sp³-hybridized carbons (Fsp3) is 0.500. The number of nitrogens with one attached hydrogen (secondary N) is 2. The number of carbonyl (C=O) groups is 2. The Balaban J connectivity index is 2.44. The van der Waals surface area contributed by atoms with Crippen LogP contribution in [0, 0.1) is 0 Å². The van der Waals surface area contributed by atoms with Crippen molar-refractivity contribution in [2.45, 2.75) is 38.5 Å². The zero-order chi connectivity index (χ0) is 16.5. The molecule has 122 valence electrons. The number of amides is 2. The van der Waals surface area contributed by atoms with Crippen LogP contribution in [0.4, 0.5) is 0 Å². The molecule has 1 aromatic carbocycles. The van der Waals surface area contributed by atoms with Crippen molar-refractivity contribution < 1.29 is 14.7 Å². The van der Waals surface area contributed by atoms with Gasteiger partial charge in [-0.05, 0) is 29.4 Å².